The molecule has 0 bridgehead atoms. The van der Waals surface area contributed by atoms with Gasteiger partial charge in [-0.2, -0.15) is 0 Å². The van der Waals surface area contributed by atoms with Crippen molar-refractivity contribution < 1.29 is 19.4 Å². The van der Waals surface area contributed by atoms with Crippen LogP contribution in [0.25, 0.3) is 0 Å². The van der Waals surface area contributed by atoms with Crippen LogP contribution in [0, 0.1) is 23.2 Å². The standard InChI is InChI=1S/C14H23NO4/c1-14(2)10(11(14)13(17)18)12(16)15(3)7-9-5-4-6-19-8-9/h9-11H,4-8H2,1-3H3,(H,17,18). The molecule has 1 saturated carbocycles. The van der Waals surface area contributed by atoms with Gasteiger partial charge in [-0.1, -0.05) is 13.8 Å². The van der Waals surface area contributed by atoms with Crippen molar-refractivity contribution in [3.63, 3.8) is 0 Å². The van der Waals surface area contributed by atoms with Crippen LogP contribution >= 0.6 is 0 Å². The van der Waals surface area contributed by atoms with Gasteiger partial charge in [0.2, 0.25) is 5.91 Å². The Morgan fingerprint density at radius 2 is 2.05 bits per heavy atom. The number of aliphatic carboxylic acids is 1. The fourth-order valence-electron chi connectivity index (χ4n) is 3.23. The van der Waals surface area contributed by atoms with Crippen LogP contribution in [0.4, 0.5) is 0 Å². The van der Waals surface area contributed by atoms with Crippen LogP contribution < -0.4 is 0 Å². The lowest BCUT2D eigenvalue weighted by molar-refractivity contribution is -0.142. The first-order valence-electron chi connectivity index (χ1n) is 6.91. The van der Waals surface area contributed by atoms with E-state index in [9.17, 15) is 9.59 Å². The minimum absolute atomic E-state index is 0.0389. The van der Waals surface area contributed by atoms with E-state index < -0.39 is 17.3 Å². The van der Waals surface area contributed by atoms with Gasteiger partial charge in [-0.15, -0.1) is 0 Å². The SMILES string of the molecule is CN(CC1CCCOC1)C(=O)C1C(C(=O)O)C1(C)C. The third-order valence-corrected chi connectivity index (χ3v) is 4.52. The molecule has 19 heavy (non-hydrogen) atoms. The van der Waals surface area contributed by atoms with Crippen LogP contribution in [-0.4, -0.2) is 48.7 Å². The maximum atomic E-state index is 12.3. The molecule has 2 aliphatic rings. The average Bonchev–Trinajstić information content (AvgIpc) is 2.92. The van der Waals surface area contributed by atoms with Gasteiger partial charge in [0.25, 0.3) is 0 Å². The highest BCUT2D eigenvalue weighted by Gasteiger charge is 2.66. The molecule has 0 radical (unpaired) electrons. The normalized spacial score (nSPS) is 32.7. The molecule has 3 atom stereocenters. The summed E-state index contributed by atoms with van der Waals surface area (Å²) in [4.78, 5) is 25.1. The van der Waals surface area contributed by atoms with Gasteiger partial charge in [0.05, 0.1) is 18.4 Å². The molecule has 5 heteroatoms. The Labute approximate surface area is 113 Å². The zero-order valence-electron chi connectivity index (χ0n) is 11.9. The third-order valence-electron chi connectivity index (χ3n) is 4.52. The average molecular weight is 269 g/mol. The molecule has 1 saturated heterocycles. The first-order chi connectivity index (χ1) is 8.85. The topological polar surface area (TPSA) is 66.8 Å². The van der Waals surface area contributed by atoms with Crippen molar-refractivity contribution in [1.29, 1.82) is 0 Å². The van der Waals surface area contributed by atoms with Crippen LogP contribution in [0.3, 0.4) is 0 Å². The molecule has 0 aromatic carbocycles. The molecule has 108 valence electrons. The Hall–Kier alpha value is -1.10. The predicted octanol–water partition coefficient (Wildman–Crippen LogP) is 1.23. The molecule has 2 fully saturated rings. The molecule has 0 spiro atoms. The minimum Gasteiger partial charge on any atom is -0.481 e. The van der Waals surface area contributed by atoms with E-state index in [1.54, 1.807) is 11.9 Å². The summed E-state index contributed by atoms with van der Waals surface area (Å²) in [5, 5.41) is 9.12. The van der Waals surface area contributed by atoms with Crippen molar-refractivity contribution in [3.05, 3.63) is 0 Å². The molecular weight excluding hydrogens is 246 g/mol. The molecule has 1 N–H and O–H groups in total. The highest BCUT2D eigenvalue weighted by molar-refractivity contribution is 5.91. The maximum Gasteiger partial charge on any atom is 0.307 e. The first kappa shape index (κ1) is 14.3. The number of carboxylic acids is 1. The van der Waals surface area contributed by atoms with Crippen molar-refractivity contribution in [2.24, 2.45) is 23.2 Å². The molecule has 1 heterocycles. The van der Waals surface area contributed by atoms with Gasteiger partial charge < -0.3 is 14.7 Å². The van der Waals surface area contributed by atoms with Crippen LogP contribution in [0.15, 0.2) is 0 Å². The van der Waals surface area contributed by atoms with Gasteiger partial charge in [0.1, 0.15) is 0 Å². The minimum atomic E-state index is -0.863. The summed E-state index contributed by atoms with van der Waals surface area (Å²) in [6.45, 7) is 5.88. The van der Waals surface area contributed by atoms with E-state index in [1.807, 2.05) is 13.8 Å². The van der Waals surface area contributed by atoms with Gasteiger partial charge in [0.15, 0.2) is 0 Å². The summed E-state index contributed by atoms with van der Waals surface area (Å²) in [6, 6.07) is 0. The fourth-order valence-corrected chi connectivity index (χ4v) is 3.23. The summed E-state index contributed by atoms with van der Waals surface area (Å²) in [5.41, 5.74) is -0.416. The van der Waals surface area contributed by atoms with E-state index in [-0.39, 0.29) is 11.8 Å². The van der Waals surface area contributed by atoms with E-state index in [2.05, 4.69) is 0 Å². The molecule has 1 aliphatic heterocycles. The zero-order chi connectivity index (χ0) is 14.2. The second-order valence-electron chi connectivity index (χ2n) is 6.42. The Balaban J connectivity index is 1.91. The van der Waals surface area contributed by atoms with Crippen molar-refractivity contribution >= 4 is 11.9 Å². The van der Waals surface area contributed by atoms with E-state index >= 15 is 0 Å². The van der Waals surface area contributed by atoms with Crippen molar-refractivity contribution in [2.75, 3.05) is 26.8 Å². The van der Waals surface area contributed by atoms with E-state index in [1.165, 1.54) is 0 Å². The molecule has 3 unspecified atom stereocenters. The van der Waals surface area contributed by atoms with Gasteiger partial charge in [-0.05, 0) is 24.2 Å². The lowest BCUT2D eigenvalue weighted by Crippen LogP contribution is -2.36. The third kappa shape index (κ3) is 2.76. The smallest absolute Gasteiger partial charge is 0.307 e. The Morgan fingerprint density at radius 3 is 2.53 bits per heavy atom. The van der Waals surface area contributed by atoms with Crippen LogP contribution in [0.5, 0.6) is 0 Å². The number of carboxylic acid groups (broad SMARTS) is 1. The predicted molar refractivity (Wildman–Crippen MR) is 69.6 cm³/mol. The monoisotopic (exact) mass is 269 g/mol. The summed E-state index contributed by atoms with van der Waals surface area (Å²) in [7, 11) is 1.77. The molecule has 2 rings (SSSR count). The van der Waals surface area contributed by atoms with Crippen molar-refractivity contribution in [3.8, 4) is 0 Å². The summed E-state index contributed by atoms with van der Waals surface area (Å²) in [5.74, 6) is -1.43. The fraction of sp³-hybridized carbons (Fsp3) is 0.857. The number of ether oxygens (including phenoxy) is 1. The van der Waals surface area contributed by atoms with E-state index in [0.717, 1.165) is 19.4 Å². The number of hydrogen-bond donors (Lipinski definition) is 1. The zero-order valence-corrected chi connectivity index (χ0v) is 11.9. The number of hydrogen-bond acceptors (Lipinski definition) is 3. The molecule has 0 aromatic heterocycles. The highest BCUT2D eigenvalue weighted by Crippen LogP contribution is 2.58. The van der Waals surface area contributed by atoms with E-state index in [4.69, 9.17) is 9.84 Å². The molecular formula is C14H23NO4. The van der Waals surface area contributed by atoms with Crippen molar-refractivity contribution in [1.82, 2.24) is 4.90 Å². The Morgan fingerprint density at radius 1 is 1.37 bits per heavy atom. The number of carbonyl (C=O) groups excluding carboxylic acids is 1. The summed E-state index contributed by atoms with van der Waals surface area (Å²) in [6.07, 6.45) is 2.12. The lowest BCUT2D eigenvalue weighted by atomic mass is 10.0. The maximum absolute atomic E-state index is 12.3. The summed E-state index contributed by atoms with van der Waals surface area (Å²) >= 11 is 0. The van der Waals surface area contributed by atoms with Gasteiger partial charge >= 0.3 is 5.97 Å². The number of nitrogens with zero attached hydrogens (tertiary/aromatic N) is 1. The summed E-state index contributed by atoms with van der Waals surface area (Å²) < 4.78 is 5.41. The molecule has 0 aromatic rings. The number of amides is 1. The first-order valence-corrected chi connectivity index (χ1v) is 6.91. The quantitative estimate of drug-likeness (QED) is 0.833. The second kappa shape index (κ2) is 5.12. The molecule has 1 aliphatic carbocycles. The molecule has 5 nitrogen and oxygen atoms in total. The van der Waals surface area contributed by atoms with Crippen LogP contribution in [-0.2, 0) is 14.3 Å². The number of carbonyl (C=O) groups is 2. The Kier molecular flexibility index (Phi) is 3.85. The Bertz CT molecular complexity index is 374. The van der Waals surface area contributed by atoms with Gasteiger partial charge in [-0.25, -0.2) is 0 Å². The number of rotatable bonds is 4. The van der Waals surface area contributed by atoms with Gasteiger partial charge in [0, 0.05) is 20.2 Å². The highest BCUT2D eigenvalue weighted by atomic mass is 16.5. The molecule has 1 amide bonds. The van der Waals surface area contributed by atoms with Crippen LogP contribution in [0.1, 0.15) is 26.7 Å². The second-order valence-corrected chi connectivity index (χ2v) is 6.42. The lowest BCUT2D eigenvalue weighted by Gasteiger charge is -2.27. The largest absolute Gasteiger partial charge is 0.481 e. The van der Waals surface area contributed by atoms with E-state index in [0.29, 0.717) is 19.1 Å². The van der Waals surface area contributed by atoms with Crippen LogP contribution in [0.2, 0.25) is 0 Å². The van der Waals surface area contributed by atoms with Gasteiger partial charge in [-0.3, -0.25) is 9.59 Å². The van der Waals surface area contributed by atoms with Crippen molar-refractivity contribution in [2.45, 2.75) is 26.7 Å².